The smallest absolute Gasteiger partial charge is 0.253 e. The van der Waals surface area contributed by atoms with Gasteiger partial charge in [-0.15, -0.1) is 0 Å². The lowest BCUT2D eigenvalue weighted by molar-refractivity contribution is 0.0900. The van der Waals surface area contributed by atoms with E-state index in [4.69, 9.17) is 23.2 Å². The van der Waals surface area contributed by atoms with Gasteiger partial charge in [-0.05, 0) is 38.1 Å². The predicted octanol–water partition coefficient (Wildman–Crippen LogP) is 2.37. The van der Waals surface area contributed by atoms with E-state index in [1.165, 1.54) is 6.42 Å². The van der Waals surface area contributed by atoms with Gasteiger partial charge in [-0.25, -0.2) is 8.42 Å². The molecule has 1 aromatic carbocycles. The molecule has 2 aliphatic heterocycles. The fourth-order valence-electron chi connectivity index (χ4n) is 3.50. The highest BCUT2D eigenvalue weighted by Gasteiger charge is 2.42. The van der Waals surface area contributed by atoms with Crippen molar-refractivity contribution in [3.8, 4) is 0 Å². The average Bonchev–Trinajstić information content (AvgIpc) is 2.85. The standard InChI is InChI=1S/C16H20Cl2N2O3S/c17-12-6-4-5-11(15(12)18)16(21)19-13-9-24(22,23)10-14(13)20-7-2-1-3-8-20/h4-6,13-14H,1-3,7-10H2,(H,19,21)/t13-,14-/m0/s1. The molecule has 0 unspecified atom stereocenters. The van der Waals surface area contributed by atoms with E-state index in [1.54, 1.807) is 18.2 Å². The summed E-state index contributed by atoms with van der Waals surface area (Å²) in [5.41, 5.74) is 0.269. The number of halogens is 2. The molecular formula is C16H20Cl2N2O3S. The minimum Gasteiger partial charge on any atom is -0.347 e. The Bertz CT molecular complexity index is 733. The number of carbonyl (C=O) groups excluding carboxylic acids is 1. The minimum absolute atomic E-state index is 0.0297. The maximum atomic E-state index is 12.5. The highest BCUT2D eigenvalue weighted by atomic mass is 35.5. The van der Waals surface area contributed by atoms with Crippen LogP contribution in [0, 0.1) is 0 Å². The van der Waals surface area contributed by atoms with Crippen LogP contribution in [0.25, 0.3) is 0 Å². The second-order valence-corrected chi connectivity index (χ2v) is 9.36. The van der Waals surface area contributed by atoms with Gasteiger partial charge < -0.3 is 5.32 Å². The third-order valence-electron chi connectivity index (χ3n) is 4.70. The summed E-state index contributed by atoms with van der Waals surface area (Å²) in [6.45, 7) is 1.76. The summed E-state index contributed by atoms with van der Waals surface area (Å²) >= 11 is 12.0. The van der Waals surface area contributed by atoms with Gasteiger partial charge >= 0.3 is 0 Å². The summed E-state index contributed by atoms with van der Waals surface area (Å²) in [6, 6.07) is 4.25. The van der Waals surface area contributed by atoms with Crippen LogP contribution >= 0.6 is 23.2 Å². The molecule has 1 N–H and O–H groups in total. The maximum Gasteiger partial charge on any atom is 0.253 e. The van der Waals surface area contributed by atoms with Gasteiger partial charge in [-0.3, -0.25) is 9.69 Å². The Hall–Kier alpha value is -0.820. The molecule has 2 heterocycles. The normalized spacial score (nSPS) is 27.1. The van der Waals surface area contributed by atoms with Crippen LogP contribution < -0.4 is 5.32 Å². The van der Waals surface area contributed by atoms with E-state index >= 15 is 0 Å². The number of nitrogens with zero attached hydrogens (tertiary/aromatic N) is 1. The van der Waals surface area contributed by atoms with Crippen LogP contribution in [0.4, 0.5) is 0 Å². The van der Waals surface area contributed by atoms with Crippen LogP contribution in [0.5, 0.6) is 0 Å². The quantitative estimate of drug-likeness (QED) is 0.859. The van der Waals surface area contributed by atoms with E-state index in [1.807, 2.05) is 0 Å². The van der Waals surface area contributed by atoms with Crippen molar-refractivity contribution in [2.24, 2.45) is 0 Å². The van der Waals surface area contributed by atoms with Gasteiger partial charge in [0.25, 0.3) is 5.91 Å². The Kier molecular flexibility index (Phi) is 5.39. The van der Waals surface area contributed by atoms with Crippen LogP contribution in [0.3, 0.4) is 0 Å². The Morgan fingerprint density at radius 3 is 2.54 bits per heavy atom. The summed E-state index contributed by atoms with van der Waals surface area (Å²) in [5, 5.41) is 3.35. The molecule has 132 valence electrons. The molecule has 5 nitrogen and oxygen atoms in total. The third kappa shape index (κ3) is 3.87. The molecular weight excluding hydrogens is 371 g/mol. The van der Waals surface area contributed by atoms with Gasteiger partial charge in [-0.2, -0.15) is 0 Å². The molecule has 0 radical (unpaired) electrons. The number of sulfone groups is 1. The molecule has 24 heavy (non-hydrogen) atoms. The van der Waals surface area contributed by atoms with Crippen LogP contribution in [-0.2, 0) is 9.84 Å². The van der Waals surface area contributed by atoms with Crippen molar-refractivity contribution in [1.82, 2.24) is 10.2 Å². The number of rotatable bonds is 3. The van der Waals surface area contributed by atoms with E-state index in [0.29, 0.717) is 5.02 Å². The minimum atomic E-state index is -3.16. The molecule has 0 spiro atoms. The molecule has 1 aromatic rings. The highest BCUT2D eigenvalue weighted by molar-refractivity contribution is 7.91. The first kappa shape index (κ1) is 18.0. The first-order valence-corrected chi connectivity index (χ1v) is 10.6. The number of piperidine rings is 1. The first-order valence-electron chi connectivity index (χ1n) is 8.07. The monoisotopic (exact) mass is 390 g/mol. The van der Waals surface area contributed by atoms with E-state index < -0.39 is 15.9 Å². The molecule has 0 saturated carbocycles. The lowest BCUT2D eigenvalue weighted by Gasteiger charge is -2.35. The van der Waals surface area contributed by atoms with Crippen molar-refractivity contribution >= 4 is 38.9 Å². The molecule has 2 aliphatic rings. The number of hydrogen-bond acceptors (Lipinski definition) is 4. The second-order valence-electron chi connectivity index (χ2n) is 6.42. The topological polar surface area (TPSA) is 66.5 Å². The number of likely N-dealkylation sites (tertiary alicyclic amines) is 1. The molecule has 2 fully saturated rings. The largest absolute Gasteiger partial charge is 0.347 e. The summed E-state index contributed by atoms with van der Waals surface area (Å²) in [5.74, 6) is -0.314. The lowest BCUT2D eigenvalue weighted by Crippen LogP contribution is -2.52. The summed E-state index contributed by atoms with van der Waals surface area (Å²) < 4.78 is 24.2. The SMILES string of the molecule is O=C(N[C@H]1CS(=O)(=O)C[C@@H]1N1CCCCC1)c1cccc(Cl)c1Cl. The van der Waals surface area contributed by atoms with Gasteiger partial charge in [0.1, 0.15) is 0 Å². The van der Waals surface area contributed by atoms with Crippen molar-refractivity contribution in [1.29, 1.82) is 0 Å². The Labute approximate surface area is 152 Å². The van der Waals surface area contributed by atoms with Crippen molar-refractivity contribution in [3.63, 3.8) is 0 Å². The van der Waals surface area contributed by atoms with E-state index in [-0.39, 0.29) is 34.0 Å². The molecule has 2 saturated heterocycles. The zero-order chi connectivity index (χ0) is 17.3. The summed E-state index contributed by atoms with van der Waals surface area (Å²) in [6.07, 6.45) is 3.31. The zero-order valence-electron chi connectivity index (χ0n) is 13.2. The van der Waals surface area contributed by atoms with Crippen LogP contribution in [0.1, 0.15) is 29.6 Å². The van der Waals surface area contributed by atoms with Crippen LogP contribution in [0.2, 0.25) is 10.0 Å². The van der Waals surface area contributed by atoms with Gasteiger partial charge in [0.05, 0.1) is 33.2 Å². The fraction of sp³-hybridized carbons (Fsp3) is 0.562. The molecule has 0 aromatic heterocycles. The Balaban J connectivity index is 1.78. The van der Waals surface area contributed by atoms with Crippen molar-refractivity contribution in [3.05, 3.63) is 33.8 Å². The molecule has 0 bridgehead atoms. The maximum absolute atomic E-state index is 12.5. The van der Waals surface area contributed by atoms with E-state index in [0.717, 1.165) is 25.9 Å². The van der Waals surface area contributed by atoms with E-state index in [9.17, 15) is 13.2 Å². The van der Waals surface area contributed by atoms with Crippen molar-refractivity contribution < 1.29 is 13.2 Å². The van der Waals surface area contributed by atoms with E-state index in [2.05, 4.69) is 10.2 Å². The average molecular weight is 391 g/mol. The number of carbonyl (C=O) groups is 1. The number of nitrogens with one attached hydrogen (secondary N) is 1. The number of hydrogen-bond donors (Lipinski definition) is 1. The van der Waals surface area contributed by atoms with Gasteiger partial charge in [0, 0.05) is 6.04 Å². The predicted molar refractivity (Wildman–Crippen MR) is 95.6 cm³/mol. The second kappa shape index (κ2) is 7.20. The first-order chi connectivity index (χ1) is 11.4. The van der Waals surface area contributed by atoms with Crippen LogP contribution in [0.15, 0.2) is 18.2 Å². The van der Waals surface area contributed by atoms with Crippen LogP contribution in [-0.4, -0.2) is 55.9 Å². The van der Waals surface area contributed by atoms with Gasteiger partial charge in [0.2, 0.25) is 0 Å². The summed E-state index contributed by atoms with van der Waals surface area (Å²) in [4.78, 5) is 14.7. The fourth-order valence-corrected chi connectivity index (χ4v) is 5.84. The number of amides is 1. The lowest BCUT2D eigenvalue weighted by atomic mass is 10.0. The third-order valence-corrected chi connectivity index (χ3v) is 7.23. The number of benzene rings is 1. The molecule has 2 atom stereocenters. The zero-order valence-corrected chi connectivity index (χ0v) is 15.5. The Morgan fingerprint density at radius 2 is 1.83 bits per heavy atom. The summed E-state index contributed by atoms with van der Waals surface area (Å²) in [7, 11) is -3.16. The molecule has 1 amide bonds. The molecule has 3 rings (SSSR count). The molecule has 8 heteroatoms. The van der Waals surface area contributed by atoms with Crippen molar-refractivity contribution in [2.75, 3.05) is 24.6 Å². The van der Waals surface area contributed by atoms with Crippen molar-refractivity contribution in [2.45, 2.75) is 31.3 Å². The van der Waals surface area contributed by atoms with Gasteiger partial charge in [0.15, 0.2) is 9.84 Å². The molecule has 0 aliphatic carbocycles. The van der Waals surface area contributed by atoms with Gasteiger partial charge in [-0.1, -0.05) is 35.7 Å². The Morgan fingerprint density at radius 1 is 1.12 bits per heavy atom. The highest BCUT2D eigenvalue weighted by Crippen LogP contribution is 2.27.